The summed E-state index contributed by atoms with van der Waals surface area (Å²) in [6.07, 6.45) is 15.4. The monoisotopic (exact) mass is 319 g/mol. The van der Waals surface area contributed by atoms with Crippen molar-refractivity contribution in [1.29, 1.82) is 0 Å². The van der Waals surface area contributed by atoms with Crippen molar-refractivity contribution in [3.05, 3.63) is 81.3 Å². The average molecular weight is 319 g/mol. The van der Waals surface area contributed by atoms with E-state index in [0.717, 1.165) is 38.5 Å². The van der Waals surface area contributed by atoms with Crippen molar-refractivity contribution >= 4 is 5.57 Å². The Morgan fingerprint density at radius 3 is 2.58 bits per heavy atom. The highest BCUT2D eigenvalue weighted by molar-refractivity contribution is 5.79. The van der Waals surface area contributed by atoms with E-state index in [1.807, 2.05) is 0 Å². The molecule has 2 nitrogen and oxygen atoms in total. The fraction of sp³-hybridized carbons (Fsp3) is 0.364. The molecule has 1 aromatic rings. The van der Waals surface area contributed by atoms with Crippen LogP contribution in [0.3, 0.4) is 0 Å². The summed E-state index contributed by atoms with van der Waals surface area (Å²) in [5.74, 6) is 0. The minimum atomic E-state index is 0.405. The Kier molecular flexibility index (Phi) is 5.58. The van der Waals surface area contributed by atoms with Crippen LogP contribution in [-0.4, -0.2) is 6.54 Å². The zero-order chi connectivity index (χ0) is 16.8. The molecular weight excluding hydrogens is 294 g/mol. The first kappa shape index (κ1) is 16.6. The average Bonchev–Trinajstić information content (AvgIpc) is 2.62. The lowest BCUT2D eigenvalue weighted by atomic mass is 9.84. The van der Waals surface area contributed by atoms with Gasteiger partial charge in [-0.25, -0.2) is 0 Å². The van der Waals surface area contributed by atoms with Gasteiger partial charge in [0.1, 0.15) is 0 Å². The molecule has 0 fully saturated rings. The van der Waals surface area contributed by atoms with E-state index >= 15 is 0 Å². The predicted octanol–water partition coefficient (Wildman–Crippen LogP) is 6.29. The van der Waals surface area contributed by atoms with Gasteiger partial charge in [0, 0.05) is 0 Å². The molecule has 0 atom stereocenters. The fourth-order valence-corrected chi connectivity index (χ4v) is 3.59. The molecule has 2 heteroatoms. The summed E-state index contributed by atoms with van der Waals surface area (Å²) >= 11 is 0. The number of hydrogen-bond acceptors (Lipinski definition) is 2. The van der Waals surface area contributed by atoms with Gasteiger partial charge in [-0.2, -0.15) is 4.91 Å². The maximum atomic E-state index is 10.3. The molecule has 0 amide bonds. The molecule has 24 heavy (non-hydrogen) atoms. The first-order valence-corrected chi connectivity index (χ1v) is 8.89. The lowest BCUT2D eigenvalue weighted by Gasteiger charge is -2.21. The Balaban J connectivity index is 1.81. The number of nitrogens with zero attached hydrogens (tertiary/aromatic N) is 1. The van der Waals surface area contributed by atoms with Gasteiger partial charge in [0.05, 0.1) is 6.54 Å². The van der Waals surface area contributed by atoms with Crippen LogP contribution in [0, 0.1) is 11.8 Å². The van der Waals surface area contributed by atoms with Gasteiger partial charge in [-0.1, -0.05) is 70.5 Å². The summed E-state index contributed by atoms with van der Waals surface area (Å²) in [5, 5.41) is 2.97. The molecule has 2 aliphatic carbocycles. The summed E-state index contributed by atoms with van der Waals surface area (Å²) in [4.78, 5) is 10.3. The molecule has 0 radical (unpaired) electrons. The van der Waals surface area contributed by atoms with Gasteiger partial charge in [0.2, 0.25) is 0 Å². The molecule has 0 aromatic heterocycles. The summed E-state index contributed by atoms with van der Waals surface area (Å²) in [6.45, 7) is 2.60. The summed E-state index contributed by atoms with van der Waals surface area (Å²) in [7, 11) is 0. The highest BCUT2D eigenvalue weighted by Crippen LogP contribution is 2.35. The van der Waals surface area contributed by atoms with Gasteiger partial charge in [0.25, 0.3) is 0 Å². The number of rotatable bonds is 6. The third-order valence-electron chi connectivity index (χ3n) is 5.00. The Morgan fingerprint density at radius 2 is 1.83 bits per heavy atom. The van der Waals surface area contributed by atoms with Gasteiger partial charge < -0.3 is 0 Å². The number of aryl methyl sites for hydroxylation is 1. The molecule has 2 aliphatic rings. The second-order valence-electron chi connectivity index (χ2n) is 6.70. The van der Waals surface area contributed by atoms with Gasteiger partial charge >= 0.3 is 0 Å². The molecule has 3 rings (SSSR count). The minimum Gasteiger partial charge on any atom is -0.151 e. The predicted molar refractivity (Wildman–Crippen MR) is 102 cm³/mol. The molecule has 0 aliphatic heterocycles. The van der Waals surface area contributed by atoms with Gasteiger partial charge in [0.15, 0.2) is 0 Å². The fourth-order valence-electron chi connectivity index (χ4n) is 3.59. The Labute approximate surface area is 144 Å². The molecule has 0 heterocycles. The van der Waals surface area contributed by atoms with Gasteiger partial charge in [-0.15, -0.1) is 0 Å². The summed E-state index contributed by atoms with van der Waals surface area (Å²) in [6, 6.07) is 8.67. The van der Waals surface area contributed by atoms with Crippen LogP contribution in [-0.2, 0) is 0 Å². The molecule has 0 bridgehead atoms. The van der Waals surface area contributed by atoms with Crippen LogP contribution in [0.25, 0.3) is 5.57 Å². The van der Waals surface area contributed by atoms with E-state index in [2.05, 4.69) is 60.7 Å². The number of benzene rings is 1. The molecular formula is C22H25NO. The van der Waals surface area contributed by atoms with E-state index in [1.165, 1.54) is 27.8 Å². The van der Waals surface area contributed by atoms with Crippen LogP contribution >= 0.6 is 0 Å². The Bertz CT molecular complexity index is 734. The lowest BCUT2D eigenvalue weighted by molar-refractivity contribution is 0.791. The zero-order valence-corrected chi connectivity index (χ0v) is 14.4. The van der Waals surface area contributed by atoms with Crippen molar-refractivity contribution in [3.8, 4) is 0 Å². The largest absolute Gasteiger partial charge is 0.151 e. The minimum absolute atomic E-state index is 0.405. The zero-order valence-electron chi connectivity index (χ0n) is 14.4. The number of nitroso groups, excluding NO2 is 1. The van der Waals surface area contributed by atoms with E-state index in [0.29, 0.717) is 6.54 Å². The van der Waals surface area contributed by atoms with Crippen LogP contribution < -0.4 is 0 Å². The number of allylic oxidation sites excluding steroid dienone is 7. The van der Waals surface area contributed by atoms with E-state index in [1.54, 1.807) is 5.57 Å². The maximum absolute atomic E-state index is 10.3. The van der Waals surface area contributed by atoms with Crippen LogP contribution in [0.15, 0.2) is 70.5 Å². The smallest absolute Gasteiger partial charge is 0.0848 e. The molecule has 0 saturated carbocycles. The standard InChI is InChI=1S/C22H25NO/c1-17-6-2-4-8-21(17)22-9-5-3-7-20(22)16-19-12-10-18(11-13-19)14-15-23-24/h2,4-6,8-10,12H,3,7,11,13-16H2,1H3. The van der Waals surface area contributed by atoms with E-state index in [9.17, 15) is 4.91 Å². The van der Waals surface area contributed by atoms with Crippen molar-refractivity contribution in [2.45, 2.75) is 45.4 Å². The van der Waals surface area contributed by atoms with Crippen LogP contribution in [0.4, 0.5) is 0 Å². The van der Waals surface area contributed by atoms with E-state index in [-0.39, 0.29) is 0 Å². The summed E-state index contributed by atoms with van der Waals surface area (Å²) < 4.78 is 0. The molecule has 0 unspecified atom stereocenters. The van der Waals surface area contributed by atoms with Gasteiger partial charge in [-0.05, 0) is 62.1 Å². The van der Waals surface area contributed by atoms with Gasteiger partial charge in [-0.3, -0.25) is 0 Å². The topological polar surface area (TPSA) is 29.4 Å². The molecule has 0 spiro atoms. The first-order valence-electron chi connectivity index (χ1n) is 8.89. The van der Waals surface area contributed by atoms with Crippen molar-refractivity contribution < 1.29 is 0 Å². The van der Waals surface area contributed by atoms with Crippen molar-refractivity contribution in [3.63, 3.8) is 0 Å². The third-order valence-corrected chi connectivity index (χ3v) is 5.00. The quantitative estimate of drug-likeness (QED) is 0.566. The molecule has 1 aromatic carbocycles. The van der Waals surface area contributed by atoms with Crippen molar-refractivity contribution in [1.82, 2.24) is 0 Å². The SMILES string of the molecule is Cc1ccccc1C1=C(CC2=CC=C(CCN=O)CC2)CCC=C1. The van der Waals surface area contributed by atoms with Crippen molar-refractivity contribution in [2.24, 2.45) is 5.18 Å². The normalized spacial score (nSPS) is 17.5. The first-order chi connectivity index (χ1) is 11.8. The van der Waals surface area contributed by atoms with E-state index < -0.39 is 0 Å². The second-order valence-corrected chi connectivity index (χ2v) is 6.70. The molecule has 0 N–H and O–H groups in total. The molecule has 0 saturated heterocycles. The highest BCUT2D eigenvalue weighted by Gasteiger charge is 2.15. The van der Waals surface area contributed by atoms with Crippen LogP contribution in [0.1, 0.15) is 49.7 Å². The summed E-state index contributed by atoms with van der Waals surface area (Å²) in [5.41, 5.74) is 8.56. The van der Waals surface area contributed by atoms with Crippen LogP contribution in [0.2, 0.25) is 0 Å². The molecule has 124 valence electrons. The second kappa shape index (κ2) is 8.05. The Morgan fingerprint density at radius 1 is 1.04 bits per heavy atom. The van der Waals surface area contributed by atoms with E-state index in [4.69, 9.17) is 0 Å². The maximum Gasteiger partial charge on any atom is 0.0848 e. The number of hydrogen-bond donors (Lipinski definition) is 0. The Hall–Kier alpha value is -2.22. The van der Waals surface area contributed by atoms with Crippen molar-refractivity contribution in [2.75, 3.05) is 6.54 Å². The third kappa shape index (κ3) is 4.00. The highest BCUT2D eigenvalue weighted by atomic mass is 16.3. The lowest BCUT2D eigenvalue weighted by Crippen LogP contribution is -2.01. The van der Waals surface area contributed by atoms with Crippen LogP contribution in [0.5, 0.6) is 0 Å².